The fraction of sp³-hybridized carbons (Fsp3) is 0.429. The minimum Gasteiger partial charge on any atom is -0.490 e. The second kappa shape index (κ2) is 11.3. The molecule has 2 heterocycles. The third-order valence-corrected chi connectivity index (χ3v) is 6.26. The standard InChI is InChI=1S/C21H24Br2N2O2.2ClH/c22-15-9-14(10-16(23)11-15)12-26-20-13-27-19-4-2-1-3-18(19)21(20)25-7-5-17(24)6-8-25;;/h1-4,9-11,17,20-21H,5-8,12-13,24H2;2*1H. The molecule has 0 aromatic heterocycles. The Kier molecular flexibility index (Phi) is 9.74. The molecule has 2 N–H and O–H groups in total. The highest BCUT2D eigenvalue weighted by atomic mass is 79.9. The van der Waals surface area contributed by atoms with Crippen molar-refractivity contribution in [3.05, 3.63) is 62.5 Å². The van der Waals surface area contributed by atoms with Crippen LogP contribution in [0, 0.1) is 0 Å². The van der Waals surface area contributed by atoms with Crippen LogP contribution < -0.4 is 10.5 Å². The van der Waals surface area contributed by atoms with Crippen molar-refractivity contribution in [1.82, 2.24) is 4.90 Å². The summed E-state index contributed by atoms with van der Waals surface area (Å²) in [6, 6.07) is 15.1. The molecule has 2 unspecified atom stereocenters. The van der Waals surface area contributed by atoms with Crippen LogP contribution in [0.2, 0.25) is 0 Å². The summed E-state index contributed by atoms with van der Waals surface area (Å²) in [5.74, 6) is 0.974. The van der Waals surface area contributed by atoms with E-state index in [-0.39, 0.29) is 37.0 Å². The minimum atomic E-state index is -0.00742. The Morgan fingerprint density at radius 1 is 1.03 bits per heavy atom. The maximum Gasteiger partial charge on any atom is 0.124 e. The quantitative estimate of drug-likeness (QED) is 0.529. The van der Waals surface area contributed by atoms with Crippen molar-refractivity contribution in [2.24, 2.45) is 5.73 Å². The number of hydrogen-bond acceptors (Lipinski definition) is 4. The third-order valence-electron chi connectivity index (χ3n) is 5.35. The lowest BCUT2D eigenvalue weighted by atomic mass is 9.93. The van der Waals surface area contributed by atoms with Gasteiger partial charge in [-0.2, -0.15) is 0 Å². The van der Waals surface area contributed by atoms with Gasteiger partial charge in [-0.25, -0.2) is 0 Å². The summed E-state index contributed by atoms with van der Waals surface area (Å²) in [4.78, 5) is 2.52. The number of ether oxygens (including phenoxy) is 2. The fourth-order valence-corrected chi connectivity index (χ4v) is 5.37. The number of benzene rings is 2. The molecule has 29 heavy (non-hydrogen) atoms. The van der Waals surface area contributed by atoms with Crippen molar-refractivity contribution in [2.45, 2.75) is 37.6 Å². The third kappa shape index (κ3) is 6.10. The number of likely N-dealkylation sites (tertiary alicyclic amines) is 1. The molecule has 2 atom stereocenters. The van der Waals surface area contributed by atoms with Gasteiger partial charge in [-0.15, -0.1) is 24.8 Å². The van der Waals surface area contributed by atoms with Gasteiger partial charge in [0.15, 0.2) is 0 Å². The molecule has 1 fully saturated rings. The van der Waals surface area contributed by atoms with Crippen LogP contribution in [-0.2, 0) is 11.3 Å². The SMILES string of the molecule is Cl.Cl.NC1CCN(C2c3ccccc3OCC2OCc2cc(Br)cc(Br)c2)CC1. The predicted octanol–water partition coefficient (Wildman–Crippen LogP) is 5.50. The fourth-order valence-electron chi connectivity index (χ4n) is 3.99. The molecule has 2 aromatic carbocycles. The van der Waals surface area contributed by atoms with Crippen LogP contribution in [0.1, 0.15) is 30.0 Å². The number of piperidine rings is 1. The molecule has 0 aliphatic carbocycles. The lowest BCUT2D eigenvalue weighted by Crippen LogP contribution is -2.48. The molecule has 4 rings (SSSR count). The molecule has 0 amide bonds. The number of fused-ring (bicyclic) bond motifs is 1. The summed E-state index contributed by atoms with van der Waals surface area (Å²) in [7, 11) is 0. The summed E-state index contributed by atoms with van der Waals surface area (Å²) in [6.07, 6.45) is 2.06. The number of halogens is 4. The summed E-state index contributed by atoms with van der Waals surface area (Å²) in [5, 5.41) is 0. The Morgan fingerprint density at radius 3 is 2.38 bits per heavy atom. The van der Waals surface area contributed by atoms with Crippen LogP contribution in [0.5, 0.6) is 5.75 Å². The molecule has 0 bridgehead atoms. The second-order valence-electron chi connectivity index (χ2n) is 7.29. The van der Waals surface area contributed by atoms with E-state index in [0.29, 0.717) is 19.3 Å². The number of nitrogens with two attached hydrogens (primary N) is 1. The molecular formula is C21H26Br2Cl2N2O2. The molecule has 2 aliphatic rings. The largest absolute Gasteiger partial charge is 0.490 e. The van der Waals surface area contributed by atoms with E-state index in [9.17, 15) is 0 Å². The molecule has 2 aromatic rings. The maximum absolute atomic E-state index is 6.39. The van der Waals surface area contributed by atoms with E-state index < -0.39 is 0 Å². The van der Waals surface area contributed by atoms with Gasteiger partial charge >= 0.3 is 0 Å². The van der Waals surface area contributed by atoms with Crippen LogP contribution >= 0.6 is 56.7 Å². The lowest BCUT2D eigenvalue weighted by Gasteiger charge is -2.43. The molecule has 1 saturated heterocycles. The molecular weight excluding hydrogens is 543 g/mol. The smallest absolute Gasteiger partial charge is 0.124 e. The molecule has 0 spiro atoms. The molecule has 160 valence electrons. The zero-order valence-electron chi connectivity index (χ0n) is 15.9. The Balaban J connectivity index is 0.00000150. The molecule has 0 radical (unpaired) electrons. The van der Waals surface area contributed by atoms with E-state index in [1.807, 2.05) is 12.1 Å². The first-order valence-corrected chi connectivity index (χ1v) is 11.0. The van der Waals surface area contributed by atoms with Gasteiger partial charge in [0.25, 0.3) is 0 Å². The van der Waals surface area contributed by atoms with Crippen molar-refractivity contribution in [1.29, 1.82) is 0 Å². The zero-order chi connectivity index (χ0) is 18.8. The van der Waals surface area contributed by atoms with Gasteiger partial charge in [-0.3, -0.25) is 4.90 Å². The van der Waals surface area contributed by atoms with Gasteiger partial charge < -0.3 is 15.2 Å². The minimum absolute atomic E-state index is 0. The first-order chi connectivity index (χ1) is 13.1. The number of rotatable bonds is 4. The van der Waals surface area contributed by atoms with Gasteiger partial charge in [0.2, 0.25) is 0 Å². The van der Waals surface area contributed by atoms with Crippen molar-refractivity contribution >= 4 is 56.7 Å². The van der Waals surface area contributed by atoms with Gasteiger partial charge in [0, 0.05) is 33.6 Å². The van der Waals surface area contributed by atoms with Crippen LogP contribution in [0.4, 0.5) is 0 Å². The molecule has 2 aliphatic heterocycles. The van der Waals surface area contributed by atoms with Gasteiger partial charge in [0.05, 0.1) is 12.6 Å². The average molecular weight is 569 g/mol. The van der Waals surface area contributed by atoms with Gasteiger partial charge in [-0.05, 0) is 42.7 Å². The highest BCUT2D eigenvalue weighted by Gasteiger charge is 2.37. The van der Waals surface area contributed by atoms with Crippen LogP contribution in [0.3, 0.4) is 0 Å². The lowest BCUT2D eigenvalue weighted by molar-refractivity contribution is -0.0640. The molecule has 8 heteroatoms. The number of hydrogen-bond donors (Lipinski definition) is 1. The first kappa shape index (κ1) is 24.9. The van der Waals surface area contributed by atoms with Crippen LogP contribution in [-0.4, -0.2) is 36.7 Å². The van der Waals surface area contributed by atoms with Crippen LogP contribution in [0.25, 0.3) is 0 Å². The first-order valence-electron chi connectivity index (χ1n) is 9.38. The van der Waals surface area contributed by atoms with Crippen molar-refractivity contribution < 1.29 is 9.47 Å². The predicted molar refractivity (Wildman–Crippen MR) is 128 cm³/mol. The van der Waals surface area contributed by atoms with E-state index in [1.165, 1.54) is 5.56 Å². The second-order valence-corrected chi connectivity index (χ2v) is 9.13. The van der Waals surface area contributed by atoms with Crippen molar-refractivity contribution in [3.63, 3.8) is 0 Å². The summed E-state index contributed by atoms with van der Waals surface area (Å²) in [6.45, 7) is 3.13. The number of para-hydroxylation sites is 1. The van der Waals surface area contributed by atoms with Crippen molar-refractivity contribution in [3.8, 4) is 5.75 Å². The summed E-state index contributed by atoms with van der Waals surface area (Å²) >= 11 is 7.10. The molecule has 0 saturated carbocycles. The Labute approximate surface area is 201 Å². The Hall–Kier alpha value is -0.340. The maximum atomic E-state index is 6.39. The zero-order valence-corrected chi connectivity index (χ0v) is 20.7. The van der Waals surface area contributed by atoms with E-state index in [4.69, 9.17) is 15.2 Å². The van der Waals surface area contributed by atoms with E-state index in [2.05, 4.69) is 67.1 Å². The average Bonchev–Trinajstić information content (AvgIpc) is 2.66. The Morgan fingerprint density at radius 2 is 1.69 bits per heavy atom. The summed E-state index contributed by atoms with van der Waals surface area (Å²) < 4.78 is 14.5. The number of nitrogens with zero attached hydrogens (tertiary/aromatic N) is 1. The van der Waals surface area contributed by atoms with Crippen LogP contribution in [0.15, 0.2) is 51.4 Å². The van der Waals surface area contributed by atoms with E-state index >= 15 is 0 Å². The van der Waals surface area contributed by atoms with Gasteiger partial charge in [-0.1, -0.05) is 50.1 Å². The van der Waals surface area contributed by atoms with E-state index in [1.54, 1.807) is 0 Å². The normalized spacial score (nSPS) is 22.0. The Bertz CT molecular complexity index is 784. The van der Waals surface area contributed by atoms with Gasteiger partial charge in [0.1, 0.15) is 18.5 Å². The monoisotopic (exact) mass is 566 g/mol. The van der Waals surface area contributed by atoms with Crippen molar-refractivity contribution in [2.75, 3.05) is 19.7 Å². The molecule has 4 nitrogen and oxygen atoms in total. The van der Waals surface area contributed by atoms with E-state index in [0.717, 1.165) is 46.2 Å². The highest BCUT2D eigenvalue weighted by Crippen LogP contribution is 2.38. The topological polar surface area (TPSA) is 47.7 Å². The summed E-state index contributed by atoms with van der Waals surface area (Å²) in [5.41, 5.74) is 8.48. The highest BCUT2D eigenvalue weighted by molar-refractivity contribution is 9.11.